The second kappa shape index (κ2) is 8.63. The van der Waals surface area contributed by atoms with Crippen LogP contribution in [0.4, 0.5) is 0 Å². The minimum absolute atomic E-state index is 0. The summed E-state index contributed by atoms with van der Waals surface area (Å²) in [4.78, 5) is 6.80. The predicted molar refractivity (Wildman–Crippen MR) is 89.4 cm³/mol. The Hall–Kier alpha value is -0.440. The number of terminal acetylenes is 1. The summed E-state index contributed by atoms with van der Waals surface area (Å²) in [5.41, 5.74) is 0.479. The molecule has 1 fully saturated rings. The van der Waals surface area contributed by atoms with Crippen molar-refractivity contribution in [3.05, 3.63) is 0 Å². The first kappa shape index (κ1) is 17.6. The second-order valence-electron chi connectivity index (χ2n) is 4.75. The molecule has 0 atom stereocenters. The molecule has 18 heavy (non-hydrogen) atoms. The van der Waals surface area contributed by atoms with E-state index in [2.05, 4.69) is 41.9 Å². The standard InChI is InChI=1S/C14H25N3.HI/c1-5-10-16-13(15-8-4)17-11-9-14(6-2,7-3)12-17;/h1H,6-12H2,2-4H3,(H,15,16);1H. The van der Waals surface area contributed by atoms with Gasteiger partial charge in [-0.2, -0.15) is 0 Å². The number of nitrogens with zero attached hydrogens (tertiary/aromatic N) is 2. The van der Waals surface area contributed by atoms with E-state index in [0.29, 0.717) is 12.0 Å². The van der Waals surface area contributed by atoms with E-state index in [1.54, 1.807) is 0 Å². The van der Waals surface area contributed by atoms with Gasteiger partial charge in [0, 0.05) is 19.6 Å². The lowest BCUT2D eigenvalue weighted by molar-refractivity contribution is 0.276. The van der Waals surface area contributed by atoms with Crippen molar-refractivity contribution in [3.8, 4) is 12.3 Å². The summed E-state index contributed by atoms with van der Waals surface area (Å²) in [6.45, 7) is 10.2. The summed E-state index contributed by atoms with van der Waals surface area (Å²) in [7, 11) is 0. The summed E-state index contributed by atoms with van der Waals surface area (Å²) in [5.74, 6) is 3.56. The molecule has 1 heterocycles. The zero-order valence-corrected chi connectivity index (χ0v) is 14.2. The maximum atomic E-state index is 5.27. The van der Waals surface area contributed by atoms with E-state index >= 15 is 0 Å². The Balaban J connectivity index is 0.00000289. The van der Waals surface area contributed by atoms with Crippen molar-refractivity contribution in [3.63, 3.8) is 0 Å². The number of halogens is 1. The highest BCUT2D eigenvalue weighted by Gasteiger charge is 2.36. The van der Waals surface area contributed by atoms with Crippen molar-refractivity contribution in [1.29, 1.82) is 0 Å². The zero-order chi connectivity index (χ0) is 12.7. The predicted octanol–water partition coefficient (Wildman–Crippen LogP) is 2.72. The van der Waals surface area contributed by atoms with Gasteiger partial charge in [-0.1, -0.05) is 19.8 Å². The monoisotopic (exact) mass is 363 g/mol. The normalized spacial score (nSPS) is 18.1. The summed E-state index contributed by atoms with van der Waals surface area (Å²) in [6.07, 6.45) is 9.03. The molecule has 0 amide bonds. The molecule has 0 aliphatic carbocycles. The van der Waals surface area contributed by atoms with Gasteiger partial charge in [-0.25, -0.2) is 4.99 Å². The van der Waals surface area contributed by atoms with E-state index in [4.69, 9.17) is 6.42 Å². The molecule has 4 heteroatoms. The Morgan fingerprint density at radius 1 is 1.39 bits per heavy atom. The second-order valence-corrected chi connectivity index (χ2v) is 4.75. The molecule has 0 radical (unpaired) electrons. The summed E-state index contributed by atoms with van der Waals surface area (Å²) in [5, 5.41) is 3.33. The third-order valence-electron chi connectivity index (χ3n) is 3.89. The lowest BCUT2D eigenvalue weighted by Crippen LogP contribution is -2.41. The van der Waals surface area contributed by atoms with E-state index in [-0.39, 0.29) is 24.0 Å². The van der Waals surface area contributed by atoms with Crippen LogP contribution in [0.25, 0.3) is 0 Å². The highest BCUT2D eigenvalue weighted by molar-refractivity contribution is 14.0. The highest BCUT2D eigenvalue weighted by atomic mass is 127. The molecule has 1 aliphatic heterocycles. The zero-order valence-electron chi connectivity index (χ0n) is 11.8. The minimum Gasteiger partial charge on any atom is -0.356 e. The van der Waals surface area contributed by atoms with Gasteiger partial charge in [0.05, 0.1) is 0 Å². The molecule has 3 nitrogen and oxygen atoms in total. The van der Waals surface area contributed by atoms with Crippen LogP contribution in [0.2, 0.25) is 0 Å². The number of aliphatic imine (C=N–C) groups is 1. The Morgan fingerprint density at radius 3 is 2.50 bits per heavy atom. The van der Waals surface area contributed by atoms with Crippen LogP contribution in [0.3, 0.4) is 0 Å². The van der Waals surface area contributed by atoms with Gasteiger partial charge in [-0.15, -0.1) is 30.4 Å². The van der Waals surface area contributed by atoms with E-state index < -0.39 is 0 Å². The van der Waals surface area contributed by atoms with E-state index in [1.807, 2.05) is 0 Å². The average Bonchev–Trinajstić information content (AvgIpc) is 2.79. The summed E-state index contributed by atoms with van der Waals surface area (Å²) >= 11 is 0. The van der Waals surface area contributed by atoms with Gasteiger partial charge in [-0.3, -0.25) is 0 Å². The molecule has 1 aliphatic rings. The number of nitrogens with one attached hydrogen (secondary N) is 1. The quantitative estimate of drug-likeness (QED) is 0.360. The molecule has 1 saturated heterocycles. The molecule has 1 N–H and O–H groups in total. The molecule has 0 aromatic heterocycles. The topological polar surface area (TPSA) is 27.6 Å². The Labute approximate surface area is 129 Å². The Morgan fingerprint density at radius 2 is 2.06 bits per heavy atom. The fourth-order valence-corrected chi connectivity index (χ4v) is 2.49. The molecule has 0 bridgehead atoms. The van der Waals surface area contributed by atoms with E-state index in [9.17, 15) is 0 Å². The lowest BCUT2D eigenvalue weighted by Gasteiger charge is -2.27. The third-order valence-corrected chi connectivity index (χ3v) is 3.89. The van der Waals surface area contributed by atoms with Crippen LogP contribution in [0.1, 0.15) is 40.0 Å². The van der Waals surface area contributed by atoms with Crippen LogP contribution in [0.15, 0.2) is 4.99 Å². The third kappa shape index (κ3) is 4.34. The van der Waals surface area contributed by atoms with Gasteiger partial charge in [0.15, 0.2) is 5.96 Å². The van der Waals surface area contributed by atoms with Crippen LogP contribution >= 0.6 is 24.0 Å². The van der Waals surface area contributed by atoms with Crippen molar-refractivity contribution < 1.29 is 0 Å². The smallest absolute Gasteiger partial charge is 0.194 e. The van der Waals surface area contributed by atoms with Gasteiger partial charge < -0.3 is 10.2 Å². The van der Waals surface area contributed by atoms with Crippen LogP contribution < -0.4 is 5.32 Å². The van der Waals surface area contributed by atoms with Gasteiger partial charge in [0.25, 0.3) is 0 Å². The number of hydrogen-bond donors (Lipinski definition) is 1. The summed E-state index contributed by atoms with van der Waals surface area (Å²) < 4.78 is 0. The maximum Gasteiger partial charge on any atom is 0.194 e. The Bertz CT molecular complexity index is 303. The van der Waals surface area contributed by atoms with E-state index in [0.717, 1.165) is 25.6 Å². The molecule has 0 unspecified atom stereocenters. The van der Waals surface area contributed by atoms with Crippen molar-refractivity contribution in [2.45, 2.75) is 40.0 Å². The van der Waals surface area contributed by atoms with Gasteiger partial charge in [0.2, 0.25) is 0 Å². The van der Waals surface area contributed by atoms with Crippen LogP contribution in [0, 0.1) is 17.8 Å². The molecular formula is C14H26IN3. The van der Waals surface area contributed by atoms with Gasteiger partial charge in [-0.05, 0) is 31.6 Å². The first-order valence-corrected chi connectivity index (χ1v) is 6.68. The van der Waals surface area contributed by atoms with Crippen molar-refractivity contribution in [2.75, 3.05) is 26.2 Å². The fraction of sp³-hybridized carbons (Fsp3) is 0.786. The number of guanidine groups is 1. The molecule has 0 spiro atoms. The molecule has 0 saturated carbocycles. The van der Waals surface area contributed by atoms with Gasteiger partial charge in [0.1, 0.15) is 6.54 Å². The van der Waals surface area contributed by atoms with E-state index in [1.165, 1.54) is 19.3 Å². The van der Waals surface area contributed by atoms with Crippen LogP contribution in [-0.4, -0.2) is 37.0 Å². The summed E-state index contributed by atoms with van der Waals surface area (Å²) in [6, 6.07) is 0. The van der Waals surface area contributed by atoms with Crippen LogP contribution in [-0.2, 0) is 0 Å². The lowest BCUT2D eigenvalue weighted by atomic mass is 9.82. The number of hydrogen-bond acceptors (Lipinski definition) is 1. The van der Waals surface area contributed by atoms with Crippen molar-refractivity contribution in [1.82, 2.24) is 10.2 Å². The van der Waals surface area contributed by atoms with Crippen molar-refractivity contribution >= 4 is 29.9 Å². The molecule has 1 rings (SSSR count). The molecule has 0 aromatic rings. The first-order chi connectivity index (χ1) is 8.21. The fourth-order valence-electron chi connectivity index (χ4n) is 2.49. The molecular weight excluding hydrogens is 337 g/mol. The largest absolute Gasteiger partial charge is 0.356 e. The average molecular weight is 363 g/mol. The first-order valence-electron chi connectivity index (χ1n) is 6.68. The highest BCUT2D eigenvalue weighted by Crippen LogP contribution is 2.36. The maximum absolute atomic E-state index is 5.27. The van der Waals surface area contributed by atoms with Crippen molar-refractivity contribution in [2.24, 2.45) is 10.4 Å². The minimum atomic E-state index is 0. The number of rotatable bonds is 4. The van der Waals surface area contributed by atoms with Gasteiger partial charge >= 0.3 is 0 Å². The van der Waals surface area contributed by atoms with Crippen LogP contribution in [0.5, 0.6) is 0 Å². The number of likely N-dealkylation sites (tertiary alicyclic amines) is 1. The Kier molecular flexibility index (Phi) is 8.41. The SMILES string of the molecule is C#CCN=C(NCC)N1CCC(CC)(CC)C1.I. The molecule has 0 aromatic carbocycles. The molecule has 104 valence electrons.